The lowest BCUT2D eigenvalue weighted by Crippen LogP contribution is -2.37. The summed E-state index contributed by atoms with van der Waals surface area (Å²) in [6, 6.07) is 15.2. The van der Waals surface area contributed by atoms with Crippen LogP contribution in [0.25, 0.3) is 0 Å². The van der Waals surface area contributed by atoms with Crippen molar-refractivity contribution in [2.45, 2.75) is 26.8 Å². The van der Waals surface area contributed by atoms with Crippen LogP contribution in [0.1, 0.15) is 28.7 Å². The Morgan fingerprint density at radius 1 is 1.19 bits per heavy atom. The van der Waals surface area contributed by atoms with Crippen molar-refractivity contribution in [1.29, 1.82) is 5.26 Å². The molecule has 3 rings (SSSR count). The van der Waals surface area contributed by atoms with Gasteiger partial charge in [0.1, 0.15) is 5.92 Å². The summed E-state index contributed by atoms with van der Waals surface area (Å²) in [5, 5.41) is 8.87. The molecule has 1 aliphatic rings. The molecule has 0 saturated carbocycles. The van der Waals surface area contributed by atoms with Gasteiger partial charge >= 0.3 is 0 Å². The Bertz CT molecular complexity index is 912. The molecule has 0 aliphatic carbocycles. The average Bonchev–Trinajstić information content (AvgIpc) is 3.05. The predicted octanol–water partition coefficient (Wildman–Crippen LogP) is 3.19. The number of benzene rings is 2. The van der Waals surface area contributed by atoms with Gasteiger partial charge < -0.3 is 9.80 Å². The molecule has 1 fully saturated rings. The second-order valence-corrected chi connectivity index (χ2v) is 7.10. The van der Waals surface area contributed by atoms with Crippen molar-refractivity contribution < 1.29 is 9.59 Å². The van der Waals surface area contributed by atoms with Crippen LogP contribution in [0.3, 0.4) is 0 Å². The van der Waals surface area contributed by atoms with Crippen molar-refractivity contribution in [1.82, 2.24) is 4.90 Å². The number of rotatable bonds is 4. The Balaban J connectivity index is 1.68. The van der Waals surface area contributed by atoms with Crippen molar-refractivity contribution in [3.05, 3.63) is 64.7 Å². The number of amides is 2. The zero-order valence-corrected chi connectivity index (χ0v) is 15.9. The van der Waals surface area contributed by atoms with E-state index in [1.807, 2.05) is 44.2 Å². The topological polar surface area (TPSA) is 64.4 Å². The number of hydrogen-bond donors (Lipinski definition) is 0. The van der Waals surface area contributed by atoms with Crippen LogP contribution in [0.4, 0.5) is 5.69 Å². The van der Waals surface area contributed by atoms with E-state index in [0.717, 1.165) is 16.8 Å². The van der Waals surface area contributed by atoms with E-state index in [-0.39, 0.29) is 11.8 Å². The number of hydrogen-bond acceptors (Lipinski definition) is 3. The van der Waals surface area contributed by atoms with Gasteiger partial charge in [0.05, 0.1) is 11.6 Å². The maximum Gasteiger partial charge on any atom is 0.239 e. The standard InChI is InChI=1S/C22H23N3O2/c1-15-4-9-19(12-16(15)2)25-11-10-20(22(25)27)21(26)24(3)14-18-7-5-17(13-23)6-8-18/h4-9,12,20H,10-11,14H2,1-3H3. The zero-order chi connectivity index (χ0) is 19.6. The summed E-state index contributed by atoms with van der Waals surface area (Å²) in [6.07, 6.45) is 0.530. The quantitative estimate of drug-likeness (QED) is 0.786. The molecule has 0 bridgehead atoms. The first-order chi connectivity index (χ1) is 12.9. The van der Waals surface area contributed by atoms with E-state index in [1.54, 1.807) is 29.0 Å². The van der Waals surface area contributed by atoms with E-state index in [4.69, 9.17) is 5.26 Å². The summed E-state index contributed by atoms with van der Waals surface area (Å²) in [4.78, 5) is 28.9. The largest absolute Gasteiger partial charge is 0.341 e. The average molecular weight is 361 g/mol. The van der Waals surface area contributed by atoms with Gasteiger partial charge in [-0.05, 0) is 61.2 Å². The third-order valence-corrected chi connectivity index (χ3v) is 5.18. The van der Waals surface area contributed by atoms with Crippen molar-refractivity contribution in [2.75, 3.05) is 18.5 Å². The molecule has 1 heterocycles. The second-order valence-electron chi connectivity index (χ2n) is 7.10. The summed E-state index contributed by atoms with van der Waals surface area (Å²) >= 11 is 0. The van der Waals surface area contributed by atoms with E-state index in [2.05, 4.69) is 6.07 Å². The number of nitriles is 1. The lowest BCUT2D eigenvalue weighted by atomic mass is 10.1. The van der Waals surface area contributed by atoms with Gasteiger partial charge in [-0.25, -0.2) is 0 Å². The Kier molecular flexibility index (Phi) is 5.27. The summed E-state index contributed by atoms with van der Waals surface area (Å²) in [7, 11) is 1.71. The van der Waals surface area contributed by atoms with E-state index in [1.165, 1.54) is 5.56 Å². The molecule has 1 aliphatic heterocycles. The van der Waals surface area contributed by atoms with Crippen LogP contribution in [0.15, 0.2) is 42.5 Å². The lowest BCUT2D eigenvalue weighted by Gasteiger charge is -2.22. The second kappa shape index (κ2) is 7.63. The lowest BCUT2D eigenvalue weighted by molar-refractivity contribution is -0.139. The molecule has 5 nitrogen and oxygen atoms in total. The molecule has 5 heteroatoms. The van der Waals surface area contributed by atoms with Crippen LogP contribution in [0, 0.1) is 31.1 Å². The molecule has 138 valence electrons. The maximum atomic E-state index is 12.8. The van der Waals surface area contributed by atoms with Crippen LogP contribution < -0.4 is 4.90 Å². The molecule has 0 radical (unpaired) electrons. The monoisotopic (exact) mass is 361 g/mol. The number of anilines is 1. The molecular weight excluding hydrogens is 338 g/mol. The van der Waals surface area contributed by atoms with Crippen molar-refractivity contribution in [2.24, 2.45) is 5.92 Å². The van der Waals surface area contributed by atoms with Crippen molar-refractivity contribution >= 4 is 17.5 Å². The van der Waals surface area contributed by atoms with Crippen LogP contribution in [0.2, 0.25) is 0 Å². The van der Waals surface area contributed by atoms with Gasteiger partial charge in [-0.1, -0.05) is 18.2 Å². The molecule has 27 heavy (non-hydrogen) atoms. The fourth-order valence-corrected chi connectivity index (χ4v) is 3.36. The number of aryl methyl sites for hydroxylation is 2. The van der Waals surface area contributed by atoms with Gasteiger partial charge in [0.15, 0.2) is 0 Å². The van der Waals surface area contributed by atoms with Gasteiger partial charge in [-0.3, -0.25) is 9.59 Å². The smallest absolute Gasteiger partial charge is 0.239 e. The Hall–Kier alpha value is -3.13. The molecule has 2 aromatic rings. The molecule has 1 atom stereocenters. The minimum atomic E-state index is -0.630. The fourth-order valence-electron chi connectivity index (χ4n) is 3.36. The predicted molar refractivity (Wildman–Crippen MR) is 104 cm³/mol. The first kappa shape index (κ1) is 18.7. The van der Waals surface area contributed by atoms with Gasteiger partial charge in [0.2, 0.25) is 11.8 Å². The van der Waals surface area contributed by atoms with Gasteiger partial charge in [-0.15, -0.1) is 0 Å². The van der Waals surface area contributed by atoms with Gasteiger partial charge in [0, 0.05) is 25.8 Å². The highest BCUT2D eigenvalue weighted by atomic mass is 16.2. The van der Waals surface area contributed by atoms with Crippen LogP contribution >= 0.6 is 0 Å². The Morgan fingerprint density at radius 3 is 2.52 bits per heavy atom. The van der Waals surface area contributed by atoms with E-state index in [0.29, 0.717) is 25.1 Å². The molecule has 0 aromatic heterocycles. The Morgan fingerprint density at radius 2 is 1.89 bits per heavy atom. The third-order valence-electron chi connectivity index (χ3n) is 5.18. The molecular formula is C22H23N3O2. The van der Waals surface area contributed by atoms with Crippen molar-refractivity contribution in [3.8, 4) is 6.07 Å². The Labute approximate surface area is 159 Å². The van der Waals surface area contributed by atoms with Gasteiger partial charge in [-0.2, -0.15) is 5.26 Å². The molecule has 2 aromatic carbocycles. The van der Waals surface area contributed by atoms with E-state index >= 15 is 0 Å². The van der Waals surface area contributed by atoms with E-state index < -0.39 is 5.92 Å². The third kappa shape index (κ3) is 3.85. The molecule has 0 spiro atoms. The zero-order valence-electron chi connectivity index (χ0n) is 15.9. The summed E-state index contributed by atoms with van der Waals surface area (Å²) in [6.45, 7) is 5.03. The fraction of sp³-hybridized carbons (Fsp3) is 0.318. The molecule has 2 amide bonds. The molecule has 0 N–H and O–H groups in total. The highest BCUT2D eigenvalue weighted by Gasteiger charge is 2.39. The number of carbonyl (C=O) groups is 2. The SMILES string of the molecule is Cc1ccc(N2CCC(C(=O)N(C)Cc3ccc(C#N)cc3)C2=O)cc1C. The van der Waals surface area contributed by atoms with Gasteiger partial charge in [0.25, 0.3) is 0 Å². The number of carbonyl (C=O) groups excluding carboxylic acids is 2. The minimum Gasteiger partial charge on any atom is -0.341 e. The first-order valence-electron chi connectivity index (χ1n) is 9.03. The highest BCUT2D eigenvalue weighted by molar-refractivity contribution is 6.09. The summed E-state index contributed by atoms with van der Waals surface area (Å²) in [5.74, 6) is -0.916. The molecule has 1 unspecified atom stereocenters. The summed E-state index contributed by atoms with van der Waals surface area (Å²) in [5.41, 5.74) is 4.69. The van der Waals surface area contributed by atoms with Crippen LogP contribution in [0.5, 0.6) is 0 Å². The van der Waals surface area contributed by atoms with Crippen LogP contribution in [-0.4, -0.2) is 30.3 Å². The molecule has 1 saturated heterocycles. The van der Waals surface area contributed by atoms with Crippen molar-refractivity contribution in [3.63, 3.8) is 0 Å². The summed E-state index contributed by atoms with van der Waals surface area (Å²) < 4.78 is 0. The van der Waals surface area contributed by atoms with E-state index in [9.17, 15) is 9.59 Å². The normalized spacial score (nSPS) is 16.3. The number of nitrogens with zero attached hydrogens (tertiary/aromatic N) is 3. The minimum absolute atomic E-state index is 0.130. The van der Waals surface area contributed by atoms with Crippen LogP contribution in [-0.2, 0) is 16.1 Å². The first-order valence-corrected chi connectivity index (χ1v) is 9.03. The highest BCUT2D eigenvalue weighted by Crippen LogP contribution is 2.28. The maximum absolute atomic E-state index is 12.8.